The van der Waals surface area contributed by atoms with Gasteiger partial charge in [0.05, 0.1) is 5.70 Å². The summed E-state index contributed by atoms with van der Waals surface area (Å²) in [6, 6.07) is 0. The smallest absolute Gasteiger partial charge is 0.0628 e. The largest absolute Gasteiger partial charge is 0.254 e. The van der Waals surface area contributed by atoms with Gasteiger partial charge in [-0.2, -0.15) is 0 Å². The zero-order chi connectivity index (χ0) is 9.35. The second-order valence-electron chi connectivity index (χ2n) is 4.48. The van der Waals surface area contributed by atoms with E-state index in [1.165, 1.54) is 5.57 Å². The van der Waals surface area contributed by atoms with Crippen molar-refractivity contribution in [1.82, 2.24) is 0 Å². The maximum Gasteiger partial charge on any atom is 0.0628 e. The van der Waals surface area contributed by atoms with Gasteiger partial charge in [0.1, 0.15) is 0 Å². The minimum Gasteiger partial charge on any atom is -0.254 e. The van der Waals surface area contributed by atoms with Crippen molar-refractivity contribution in [2.45, 2.75) is 34.6 Å². The van der Waals surface area contributed by atoms with Gasteiger partial charge in [0.25, 0.3) is 0 Å². The van der Waals surface area contributed by atoms with Crippen molar-refractivity contribution in [1.29, 1.82) is 0 Å². The van der Waals surface area contributed by atoms with Crippen LogP contribution in [0, 0.1) is 5.41 Å². The first-order valence-corrected chi connectivity index (χ1v) is 4.35. The highest BCUT2D eigenvalue weighted by molar-refractivity contribution is 5.97. The second kappa shape index (κ2) is 2.89. The van der Waals surface area contributed by atoms with E-state index >= 15 is 0 Å². The van der Waals surface area contributed by atoms with Crippen LogP contribution in [-0.2, 0) is 0 Å². The van der Waals surface area contributed by atoms with Crippen LogP contribution in [0.25, 0.3) is 0 Å². The van der Waals surface area contributed by atoms with Gasteiger partial charge in [-0.3, -0.25) is 4.99 Å². The van der Waals surface area contributed by atoms with Crippen LogP contribution in [0.3, 0.4) is 0 Å². The second-order valence-corrected chi connectivity index (χ2v) is 4.48. The van der Waals surface area contributed by atoms with E-state index in [1.54, 1.807) is 0 Å². The first kappa shape index (κ1) is 9.24. The standard InChI is InChI=1S/C11H17N/c1-8-6-9(2)12-10(8)7-11(3,4)5/h6-7H,1-5H3/b10-7+. The van der Waals surface area contributed by atoms with Gasteiger partial charge < -0.3 is 0 Å². The lowest BCUT2D eigenvalue weighted by Gasteiger charge is -2.12. The van der Waals surface area contributed by atoms with Crippen LogP contribution < -0.4 is 0 Å². The highest BCUT2D eigenvalue weighted by atomic mass is 14.8. The first-order chi connectivity index (χ1) is 5.38. The van der Waals surface area contributed by atoms with E-state index in [0.29, 0.717) is 0 Å². The SMILES string of the molecule is CC1=CC(C)=N/C1=C/C(C)(C)C. The highest BCUT2D eigenvalue weighted by Crippen LogP contribution is 2.25. The molecule has 66 valence electrons. The maximum atomic E-state index is 4.44. The Labute approximate surface area is 74.9 Å². The number of hydrogen-bond acceptors (Lipinski definition) is 1. The lowest BCUT2D eigenvalue weighted by atomic mass is 9.94. The fraction of sp³-hybridized carbons (Fsp3) is 0.545. The quantitative estimate of drug-likeness (QED) is 0.519. The van der Waals surface area contributed by atoms with E-state index in [9.17, 15) is 0 Å². The lowest BCUT2D eigenvalue weighted by molar-refractivity contribution is 0.540. The van der Waals surface area contributed by atoms with Gasteiger partial charge in [-0.1, -0.05) is 26.8 Å². The minimum absolute atomic E-state index is 0.221. The summed E-state index contributed by atoms with van der Waals surface area (Å²) in [5, 5.41) is 0. The molecule has 12 heavy (non-hydrogen) atoms. The molecule has 0 aliphatic carbocycles. The average Bonchev–Trinajstić information content (AvgIpc) is 2.06. The molecule has 1 aliphatic heterocycles. The predicted octanol–water partition coefficient (Wildman–Crippen LogP) is 3.34. The monoisotopic (exact) mass is 163 g/mol. The summed E-state index contributed by atoms with van der Waals surface area (Å²) >= 11 is 0. The predicted molar refractivity (Wildman–Crippen MR) is 54.4 cm³/mol. The van der Waals surface area contributed by atoms with Crippen LogP contribution in [0.1, 0.15) is 34.6 Å². The van der Waals surface area contributed by atoms with Crippen molar-refractivity contribution in [2.75, 3.05) is 0 Å². The summed E-state index contributed by atoms with van der Waals surface area (Å²) < 4.78 is 0. The third-order valence-electron chi connectivity index (χ3n) is 1.70. The van der Waals surface area contributed by atoms with E-state index < -0.39 is 0 Å². The molecule has 1 heterocycles. The molecule has 0 unspecified atom stereocenters. The van der Waals surface area contributed by atoms with Crippen molar-refractivity contribution in [2.24, 2.45) is 10.4 Å². The van der Waals surface area contributed by atoms with Crippen LogP contribution in [0.5, 0.6) is 0 Å². The normalized spacial score (nSPS) is 21.2. The molecule has 1 heteroatoms. The van der Waals surface area contributed by atoms with Gasteiger partial charge in [-0.25, -0.2) is 0 Å². The van der Waals surface area contributed by atoms with E-state index in [2.05, 4.69) is 44.8 Å². The van der Waals surface area contributed by atoms with Crippen molar-refractivity contribution in [3.05, 3.63) is 23.4 Å². The number of nitrogens with zero attached hydrogens (tertiary/aromatic N) is 1. The molecule has 0 N–H and O–H groups in total. The third kappa shape index (κ3) is 2.33. The van der Waals surface area contributed by atoms with Crippen molar-refractivity contribution < 1.29 is 0 Å². The first-order valence-electron chi connectivity index (χ1n) is 4.35. The summed E-state index contributed by atoms with van der Waals surface area (Å²) in [4.78, 5) is 4.44. The summed E-state index contributed by atoms with van der Waals surface area (Å²) in [6.45, 7) is 10.7. The molecule has 1 aliphatic rings. The van der Waals surface area contributed by atoms with E-state index in [4.69, 9.17) is 0 Å². The molecule has 1 rings (SSSR count). The van der Waals surface area contributed by atoms with Crippen LogP contribution >= 0.6 is 0 Å². The van der Waals surface area contributed by atoms with Crippen molar-refractivity contribution >= 4 is 5.71 Å². The van der Waals surface area contributed by atoms with E-state index in [-0.39, 0.29) is 5.41 Å². The van der Waals surface area contributed by atoms with Crippen molar-refractivity contribution in [3.8, 4) is 0 Å². The average molecular weight is 163 g/mol. The molecule has 0 aromatic rings. The summed E-state index contributed by atoms with van der Waals surface area (Å²) in [5.41, 5.74) is 3.75. The number of allylic oxidation sites excluding steroid dienone is 3. The lowest BCUT2D eigenvalue weighted by Crippen LogP contribution is -2.00. The Hall–Kier alpha value is -0.850. The summed E-state index contributed by atoms with van der Waals surface area (Å²) in [5.74, 6) is 0. The Morgan fingerprint density at radius 1 is 1.25 bits per heavy atom. The molecule has 0 radical (unpaired) electrons. The zero-order valence-electron chi connectivity index (χ0n) is 8.60. The number of aliphatic imine (C=N–C) groups is 1. The van der Waals surface area contributed by atoms with Gasteiger partial charge in [0, 0.05) is 5.71 Å². The Kier molecular flexibility index (Phi) is 2.22. The number of hydrogen-bond donors (Lipinski definition) is 0. The van der Waals surface area contributed by atoms with Gasteiger partial charge in [-0.05, 0) is 30.9 Å². The molecule has 0 aromatic carbocycles. The Balaban J connectivity index is 2.94. The van der Waals surface area contributed by atoms with Crippen LogP contribution in [0.4, 0.5) is 0 Å². The molecule has 0 saturated heterocycles. The van der Waals surface area contributed by atoms with Crippen molar-refractivity contribution in [3.63, 3.8) is 0 Å². The summed E-state index contributed by atoms with van der Waals surface area (Å²) in [7, 11) is 0. The molecule has 0 atom stereocenters. The van der Waals surface area contributed by atoms with E-state index in [1.807, 2.05) is 6.92 Å². The third-order valence-corrected chi connectivity index (χ3v) is 1.70. The molecule has 0 saturated carbocycles. The number of rotatable bonds is 0. The van der Waals surface area contributed by atoms with Crippen LogP contribution in [0.15, 0.2) is 28.4 Å². The molecule has 0 aromatic heterocycles. The van der Waals surface area contributed by atoms with E-state index in [0.717, 1.165) is 11.4 Å². The maximum absolute atomic E-state index is 4.44. The Bertz CT molecular complexity index is 272. The van der Waals surface area contributed by atoms with Gasteiger partial charge in [0.15, 0.2) is 0 Å². The minimum atomic E-state index is 0.221. The molecule has 1 nitrogen and oxygen atoms in total. The fourth-order valence-electron chi connectivity index (χ4n) is 1.25. The van der Waals surface area contributed by atoms with Gasteiger partial charge in [-0.15, -0.1) is 0 Å². The highest BCUT2D eigenvalue weighted by Gasteiger charge is 2.12. The Morgan fingerprint density at radius 3 is 2.17 bits per heavy atom. The van der Waals surface area contributed by atoms with Crippen LogP contribution in [0.2, 0.25) is 0 Å². The molecule has 0 amide bonds. The molecule has 0 bridgehead atoms. The molecular weight excluding hydrogens is 146 g/mol. The van der Waals surface area contributed by atoms with Gasteiger partial charge >= 0.3 is 0 Å². The molecular formula is C11H17N. The van der Waals surface area contributed by atoms with Crippen LogP contribution in [-0.4, -0.2) is 5.71 Å². The fourth-order valence-corrected chi connectivity index (χ4v) is 1.25. The molecule has 0 spiro atoms. The molecule has 0 fully saturated rings. The van der Waals surface area contributed by atoms with Gasteiger partial charge in [0.2, 0.25) is 0 Å². The zero-order valence-corrected chi connectivity index (χ0v) is 8.60. The topological polar surface area (TPSA) is 12.4 Å². The summed E-state index contributed by atoms with van der Waals surface area (Å²) in [6.07, 6.45) is 4.34. The Morgan fingerprint density at radius 2 is 1.83 bits per heavy atom.